The molecule has 0 aliphatic rings. The Kier molecular flexibility index (Phi) is 6.80. The van der Waals surface area contributed by atoms with Gasteiger partial charge in [-0.25, -0.2) is 4.98 Å². The van der Waals surface area contributed by atoms with Crippen molar-refractivity contribution in [3.8, 4) is 11.5 Å². The van der Waals surface area contributed by atoms with Crippen LogP contribution in [-0.2, 0) is 11.3 Å². The van der Waals surface area contributed by atoms with Crippen molar-refractivity contribution >= 4 is 16.8 Å². The summed E-state index contributed by atoms with van der Waals surface area (Å²) in [6.45, 7) is 0.997. The molecule has 1 amide bonds. The Morgan fingerprint density at radius 2 is 1.76 bits per heavy atom. The SMILES string of the molecule is COCCn1c(C(=O)NCCOc2ccccc2OC)nc2ccccc2c1=O. The molecule has 1 aromatic heterocycles. The van der Waals surface area contributed by atoms with Crippen molar-refractivity contribution in [2.45, 2.75) is 6.54 Å². The number of nitrogens with one attached hydrogen (secondary N) is 1. The molecule has 1 N–H and O–H groups in total. The summed E-state index contributed by atoms with van der Waals surface area (Å²) in [5, 5.41) is 3.21. The summed E-state index contributed by atoms with van der Waals surface area (Å²) >= 11 is 0. The number of methoxy groups -OCH3 is 2. The highest BCUT2D eigenvalue weighted by Gasteiger charge is 2.17. The predicted octanol–water partition coefficient (Wildman–Crippen LogP) is 1.86. The fourth-order valence-corrected chi connectivity index (χ4v) is 2.87. The molecule has 0 aliphatic heterocycles. The molecule has 0 aliphatic carbocycles. The summed E-state index contributed by atoms with van der Waals surface area (Å²) < 4.78 is 17.3. The van der Waals surface area contributed by atoms with Crippen molar-refractivity contribution in [1.82, 2.24) is 14.9 Å². The molecule has 0 atom stereocenters. The van der Waals surface area contributed by atoms with Gasteiger partial charge in [-0.2, -0.15) is 0 Å². The monoisotopic (exact) mass is 397 g/mol. The Hall–Kier alpha value is -3.39. The number of nitrogens with zero attached hydrogens (tertiary/aromatic N) is 2. The molecule has 0 saturated heterocycles. The molecule has 0 spiro atoms. The molecule has 8 heteroatoms. The molecule has 0 radical (unpaired) electrons. The highest BCUT2D eigenvalue weighted by atomic mass is 16.5. The van der Waals surface area contributed by atoms with Gasteiger partial charge in [-0.3, -0.25) is 14.2 Å². The van der Waals surface area contributed by atoms with E-state index in [4.69, 9.17) is 14.2 Å². The predicted molar refractivity (Wildman–Crippen MR) is 109 cm³/mol. The van der Waals surface area contributed by atoms with Gasteiger partial charge in [0.1, 0.15) is 6.61 Å². The van der Waals surface area contributed by atoms with Gasteiger partial charge in [0.25, 0.3) is 11.5 Å². The molecule has 29 heavy (non-hydrogen) atoms. The zero-order valence-electron chi connectivity index (χ0n) is 16.4. The van der Waals surface area contributed by atoms with Crippen molar-refractivity contribution in [2.75, 3.05) is 34.0 Å². The zero-order chi connectivity index (χ0) is 20.6. The van der Waals surface area contributed by atoms with Crippen LogP contribution in [-0.4, -0.2) is 49.4 Å². The second-order valence-electron chi connectivity index (χ2n) is 6.16. The van der Waals surface area contributed by atoms with Crippen LogP contribution in [0.1, 0.15) is 10.6 Å². The van der Waals surface area contributed by atoms with Gasteiger partial charge in [-0.15, -0.1) is 0 Å². The van der Waals surface area contributed by atoms with Gasteiger partial charge in [0.05, 0.1) is 37.7 Å². The van der Waals surface area contributed by atoms with E-state index < -0.39 is 5.91 Å². The number of hydrogen-bond acceptors (Lipinski definition) is 6. The lowest BCUT2D eigenvalue weighted by atomic mass is 10.2. The first-order valence-corrected chi connectivity index (χ1v) is 9.18. The zero-order valence-corrected chi connectivity index (χ0v) is 16.4. The Morgan fingerprint density at radius 3 is 2.52 bits per heavy atom. The van der Waals surface area contributed by atoms with Crippen LogP contribution >= 0.6 is 0 Å². The Bertz CT molecular complexity index is 1050. The first-order valence-electron chi connectivity index (χ1n) is 9.18. The molecule has 0 bridgehead atoms. The van der Waals surface area contributed by atoms with Crippen LogP contribution in [0.15, 0.2) is 53.3 Å². The number of rotatable bonds is 9. The second kappa shape index (κ2) is 9.70. The van der Waals surface area contributed by atoms with Gasteiger partial charge in [0, 0.05) is 7.11 Å². The number of para-hydroxylation sites is 3. The Labute approximate surface area is 168 Å². The molecular formula is C21H23N3O5. The van der Waals surface area contributed by atoms with Crippen LogP contribution in [0, 0.1) is 0 Å². The minimum Gasteiger partial charge on any atom is -0.493 e. The maximum absolute atomic E-state index is 12.8. The average molecular weight is 397 g/mol. The van der Waals surface area contributed by atoms with Gasteiger partial charge in [-0.1, -0.05) is 24.3 Å². The fourth-order valence-electron chi connectivity index (χ4n) is 2.87. The summed E-state index contributed by atoms with van der Waals surface area (Å²) in [5.74, 6) is 0.795. The molecule has 2 aromatic carbocycles. The lowest BCUT2D eigenvalue weighted by Crippen LogP contribution is -2.36. The van der Waals surface area contributed by atoms with Gasteiger partial charge in [0.15, 0.2) is 11.5 Å². The van der Waals surface area contributed by atoms with E-state index in [-0.39, 0.29) is 37.7 Å². The molecule has 1 heterocycles. The van der Waals surface area contributed by atoms with Crippen molar-refractivity contribution in [1.29, 1.82) is 0 Å². The fraction of sp³-hybridized carbons (Fsp3) is 0.286. The number of hydrogen-bond donors (Lipinski definition) is 1. The number of amides is 1. The van der Waals surface area contributed by atoms with Crippen molar-refractivity contribution in [3.05, 3.63) is 64.7 Å². The van der Waals surface area contributed by atoms with Gasteiger partial charge < -0.3 is 19.5 Å². The molecule has 0 saturated carbocycles. The van der Waals surface area contributed by atoms with Crippen molar-refractivity contribution in [2.24, 2.45) is 0 Å². The van der Waals surface area contributed by atoms with E-state index in [1.165, 1.54) is 11.7 Å². The third-order valence-electron chi connectivity index (χ3n) is 4.30. The molecule has 152 valence electrons. The largest absolute Gasteiger partial charge is 0.493 e. The number of ether oxygens (including phenoxy) is 3. The van der Waals surface area contributed by atoms with Crippen molar-refractivity contribution in [3.63, 3.8) is 0 Å². The number of fused-ring (bicyclic) bond motifs is 1. The third-order valence-corrected chi connectivity index (χ3v) is 4.30. The third kappa shape index (κ3) is 4.72. The van der Waals surface area contributed by atoms with E-state index in [9.17, 15) is 9.59 Å². The van der Waals surface area contributed by atoms with Gasteiger partial charge >= 0.3 is 0 Å². The summed E-state index contributed by atoms with van der Waals surface area (Å²) in [4.78, 5) is 29.9. The standard InChI is InChI=1S/C21H23N3O5/c1-27-14-12-24-19(23-16-8-4-3-7-15(16)21(24)26)20(25)22-11-13-29-18-10-6-5-9-17(18)28-2/h3-10H,11-14H2,1-2H3,(H,22,25). The summed E-state index contributed by atoms with van der Waals surface area (Å²) in [6.07, 6.45) is 0. The minimum absolute atomic E-state index is 0.0445. The van der Waals surface area contributed by atoms with Crippen LogP contribution < -0.4 is 20.3 Å². The van der Waals surface area contributed by atoms with E-state index in [0.717, 1.165) is 0 Å². The maximum Gasteiger partial charge on any atom is 0.287 e. The highest BCUT2D eigenvalue weighted by Crippen LogP contribution is 2.25. The molecular weight excluding hydrogens is 374 g/mol. The van der Waals surface area contributed by atoms with Gasteiger partial charge in [-0.05, 0) is 24.3 Å². The van der Waals surface area contributed by atoms with E-state index in [2.05, 4.69) is 10.3 Å². The van der Waals surface area contributed by atoms with E-state index >= 15 is 0 Å². The van der Waals surface area contributed by atoms with Gasteiger partial charge in [0.2, 0.25) is 5.82 Å². The highest BCUT2D eigenvalue weighted by molar-refractivity contribution is 5.93. The first-order chi connectivity index (χ1) is 14.2. The summed E-state index contributed by atoms with van der Waals surface area (Å²) in [7, 11) is 3.10. The van der Waals surface area contributed by atoms with Crippen LogP contribution in [0.5, 0.6) is 11.5 Å². The maximum atomic E-state index is 12.8. The second-order valence-corrected chi connectivity index (χ2v) is 6.16. The van der Waals surface area contributed by atoms with Crippen LogP contribution in [0.25, 0.3) is 10.9 Å². The van der Waals surface area contributed by atoms with Crippen LogP contribution in [0.4, 0.5) is 0 Å². The lowest BCUT2D eigenvalue weighted by molar-refractivity contribution is 0.0927. The Morgan fingerprint density at radius 1 is 1.03 bits per heavy atom. The normalized spacial score (nSPS) is 10.7. The topological polar surface area (TPSA) is 91.7 Å². The minimum atomic E-state index is -0.451. The number of benzene rings is 2. The number of carbonyl (C=O) groups is 1. The average Bonchev–Trinajstić information content (AvgIpc) is 2.76. The molecule has 3 aromatic rings. The molecule has 0 fully saturated rings. The smallest absolute Gasteiger partial charge is 0.287 e. The summed E-state index contributed by atoms with van der Waals surface area (Å²) in [5.41, 5.74) is 0.199. The van der Waals surface area contributed by atoms with Crippen LogP contribution in [0.2, 0.25) is 0 Å². The number of aromatic nitrogens is 2. The van der Waals surface area contributed by atoms with Crippen molar-refractivity contribution < 1.29 is 19.0 Å². The first kappa shape index (κ1) is 20.3. The Balaban J connectivity index is 1.73. The van der Waals surface area contributed by atoms with E-state index in [1.54, 1.807) is 43.5 Å². The van der Waals surface area contributed by atoms with Crippen LogP contribution in [0.3, 0.4) is 0 Å². The molecule has 3 rings (SSSR count). The molecule has 8 nitrogen and oxygen atoms in total. The van der Waals surface area contributed by atoms with E-state index in [1.807, 2.05) is 12.1 Å². The summed E-state index contributed by atoms with van der Waals surface area (Å²) in [6, 6.07) is 14.2. The number of carbonyl (C=O) groups excluding carboxylic acids is 1. The lowest BCUT2D eigenvalue weighted by Gasteiger charge is -2.14. The molecule has 0 unspecified atom stereocenters. The quantitative estimate of drug-likeness (QED) is 0.554. The van der Waals surface area contributed by atoms with E-state index in [0.29, 0.717) is 22.4 Å².